The number of ketones is 2. The van der Waals surface area contributed by atoms with E-state index in [0.29, 0.717) is 20.6 Å². The number of aromatic nitrogens is 1. The molecule has 0 aliphatic rings. The summed E-state index contributed by atoms with van der Waals surface area (Å²) >= 11 is 2.52. The number of nitrogens with zero attached hydrogens (tertiary/aromatic N) is 1. The molecule has 1 amide bonds. The topological polar surface area (TPSA) is 76.1 Å². The summed E-state index contributed by atoms with van der Waals surface area (Å²) in [5, 5.41) is 4.85. The third-order valence-corrected chi connectivity index (χ3v) is 4.82. The van der Waals surface area contributed by atoms with E-state index in [-0.39, 0.29) is 30.3 Å². The van der Waals surface area contributed by atoms with Gasteiger partial charge in [0.05, 0.1) is 15.4 Å². The van der Waals surface area contributed by atoms with Crippen LogP contribution in [0.15, 0.2) is 17.5 Å². The number of nitrogens with one attached hydrogen (secondary N) is 1. The van der Waals surface area contributed by atoms with E-state index in [9.17, 15) is 14.4 Å². The second kappa shape index (κ2) is 6.73. The molecule has 0 aromatic carbocycles. The summed E-state index contributed by atoms with van der Waals surface area (Å²) in [7, 11) is 0. The average molecular weight is 322 g/mol. The maximum Gasteiger partial charge on any atom is 0.226 e. The Morgan fingerprint density at radius 1 is 1.29 bits per heavy atom. The highest BCUT2D eigenvalue weighted by atomic mass is 32.1. The molecule has 0 atom stereocenters. The predicted octanol–water partition coefficient (Wildman–Crippen LogP) is 3.32. The van der Waals surface area contributed by atoms with E-state index in [1.165, 1.54) is 18.3 Å². The summed E-state index contributed by atoms with van der Waals surface area (Å²) in [4.78, 5) is 40.2. The van der Waals surface area contributed by atoms with Crippen LogP contribution in [-0.4, -0.2) is 22.5 Å². The number of thiazole rings is 1. The Morgan fingerprint density at radius 2 is 2.05 bits per heavy atom. The molecule has 1 N–H and O–H groups in total. The summed E-state index contributed by atoms with van der Waals surface area (Å²) in [6.07, 6.45) is 0.265. The Bertz CT molecular complexity index is 674. The van der Waals surface area contributed by atoms with Gasteiger partial charge in [0.2, 0.25) is 5.91 Å². The number of carbonyl (C=O) groups is 3. The number of anilines is 1. The van der Waals surface area contributed by atoms with Gasteiger partial charge in [-0.25, -0.2) is 4.98 Å². The van der Waals surface area contributed by atoms with Crippen LogP contribution in [0.2, 0.25) is 0 Å². The lowest BCUT2D eigenvalue weighted by Crippen LogP contribution is -2.13. The standard InChI is InChI=1S/C14H14N2O3S2/c1-8-13(9(2)17)21-14(15-8)16-12(19)6-5-10(18)11-4-3-7-20-11/h3-4,7H,5-6H2,1-2H3,(H,15,16,19). The SMILES string of the molecule is CC(=O)c1sc(NC(=O)CCC(=O)c2cccs2)nc1C. The third-order valence-electron chi connectivity index (χ3n) is 2.74. The Balaban J connectivity index is 1.89. The zero-order valence-electron chi connectivity index (χ0n) is 11.6. The molecule has 110 valence electrons. The first kappa shape index (κ1) is 15.5. The molecule has 0 saturated heterocycles. The average Bonchev–Trinajstić information content (AvgIpc) is 3.05. The lowest BCUT2D eigenvalue weighted by molar-refractivity contribution is -0.116. The van der Waals surface area contributed by atoms with Crippen LogP contribution in [0.5, 0.6) is 0 Å². The van der Waals surface area contributed by atoms with Crippen molar-refractivity contribution in [2.75, 3.05) is 5.32 Å². The van der Waals surface area contributed by atoms with Crippen LogP contribution in [0.3, 0.4) is 0 Å². The Labute approximate surface area is 130 Å². The highest BCUT2D eigenvalue weighted by Gasteiger charge is 2.14. The van der Waals surface area contributed by atoms with Crippen molar-refractivity contribution in [3.63, 3.8) is 0 Å². The number of rotatable bonds is 6. The number of carbonyl (C=O) groups excluding carboxylic acids is 3. The molecule has 7 heteroatoms. The minimum Gasteiger partial charge on any atom is -0.302 e. The minimum absolute atomic E-state index is 0.0418. The van der Waals surface area contributed by atoms with Gasteiger partial charge in [-0.05, 0) is 18.4 Å². The van der Waals surface area contributed by atoms with Crippen LogP contribution >= 0.6 is 22.7 Å². The van der Waals surface area contributed by atoms with Crippen molar-refractivity contribution in [3.8, 4) is 0 Å². The van der Waals surface area contributed by atoms with E-state index >= 15 is 0 Å². The monoisotopic (exact) mass is 322 g/mol. The molecule has 2 aromatic rings. The van der Waals surface area contributed by atoms with Crippen molar-refractivity contribution in [1.29, 1.82) is 0 Å². The van der Waals surface area contributed by atoms with Crippen molar-refractivity contribution in [3.05, 3.63) is 33.0 Å². The van der Waals surface area contributed by atoms with Crippen LogP contribution in [0.25, 0.3) is 0 Å². The van der Waals surface area contributed by atoms with Gasteiger partial charge < -0.3 is 5.32 Å². The summed E-state index contributed by atoms with van der Waals surface area (Å²) in [6.45, 7) is 3.19. The van der Waals surface area contributed by atoms with Crippen molar-refractivity contribution < 1.29 is 14.4 Å². The van der Waals surface area contributed by atoms with Crippen LogP contribution < -0.4 is 5.32 Å². The molecule has 0 spiro atoms. The molecule has 5 nitrogen and oxygen atoms in total. The molecule has 0 fully saturated rings. The van der Waals surface area contributed by atoms with Gasteiger partial charge in [-0.1, -0.05) is 17.4 Å². The molecule has 0 aliphatic carbocycles. The zero-order chi connectivity index (χ0) is 15.4. The number of amides is 1. The van der Waals surface area contributed by atoms with E-state index in [1.54, 1.807) is 19.1 Å². The highest BCUT2D eigenvalue weighted by molar-refractivity contribution is 7.17. The summed E-state index contributed by atoms with van der Waals surface area (Å²) in [6, 6.07) is 3.55. The van der Waals surface area contributed by atoms with Crippen LogP contribution in [-0.2, 0) is 4.79 Å². The molecular weight excluding hydrogens is 308 g/mol. The second-order valence-electron chi connectivity index (χ2n) is 4.44. The fourth-order valence-electron chi connectivity index (χ4n) is 1.75. The first-order valence-electron chi connectivity index (χ1n) is 6.32. The number of hydrogen-bond acceptors (Lipinski definition) is 6. The third kappa shape index (κ3) is 4.05. The van der Waals surface area contributed by atoms with Gasteiger partial charge in [0.25, 0.3) is 0 Å². The molecule has 0 bridgehead atoms. The predicted molar refractivity (Wildman–Crippen MR) is 83.4 cm³/mol. The molecule has 2 heterocycles. The molecule has 0 aliphatic heterocycles. The normalized spacial score (nSPS) is 10.4. The summed E-state index contributed by atoms with van der Waals surface area (Å²) < 4.78 is 0. The summed E-state index contributed by atoms with van der Waals surface area (Å²) in [5.74, 6) is -0.387. The lowest BCUT2D eigenvalue weighted by atomic mass is 10.2. The fourth-order valence-corrected chi connectivity index (χ4v) is 3.32. The molecule has 21 heavy (non-hydrogen) atoms. The van der Waals surface area contributed by atoms with Crippen molar-refractivity contribution in [2.24, 2.45) is 0 Å². The van der Waals surface area contributed by atoms with Gasteiger partial charge in [0.15, 0.2) is 16.7 Å². The lowest BCUT2D eigenvalue weighted by Gasteiger charge is -2.00. The number of hydrogen-bond donors (Lipinski definition) is 1. The number of aryl methyl sites for hydroxylation is 1. The van der Waals surface area contributed by atoms with Gasteiger partial charge in [-0.2, -0.15) is 0 Å². The van der Waals surface area contributed by atoms with Crippen LogP contribution in [0.4, 0.5) is 5.13 Å². The second-order valence-corrected chi connectivity index (χ2v) is 6.39. The number of thiophene rings is 1. The maximum atomic E-state index is 11.8. The van der Waals surface area contributed by atoms with E-state index in [4.69, 9.17) is 0 Å². The minimum atomic E-state index is -0.274. The molecule has 2 rings (SSSR count). The zero-order valence-corrected chi connectivity index (χ0v) is 13.3. The maximum absolute atomic E-state index is 11.8. The quantitative estimate of drug-likeness (QED) is 0.828. The van der Waals surface area contributed by atoms with Gasteiger partial charge >= 0.3 is 0 Å². The van der Waals surface area contributed by atoms with Gasteiger partial charge in [0.1, 0.15) is 0 Å². The molecule has 0 unspecified atom stereocenters. The molecule has 2 aromatic heterocycles. The van der Waals surface area contributed by atoms with Crippen molar-refractivity contribution >= 4 is 45.3 Å². The number of Topliss-reactive ketones (excluding diaryl/α,β-unsaturated/α-hetero) is 2. The van der Waals surface area contributed by atoms with Crippen LogP contribution in [0, 0.1) is 6.92 Å². The first-order chi connectivity index (χ1) is 9.97. The van der Waals surface area contributed by atoms with E-state index in [0.717, 1.165) is 11.3 Å². The Hall–Kier alpha value is -1.86. The Kier molecular flexibility index (Phi) is 4.98. The molecule has 0 saturated carbocycles. The van der Waals surface area contributed by atoms with Crippen molar-refractivity contribution in [1.82, 2.24) is 4.98 Å². The highest BCUT2D eigenvalue weighted by Crippen LogP contribution is 2.23. The van der Waals surface area contributed by atoms with E-state index in [1.807, 2.05) is 5.38 Å². The largest absolute Gasteiger partial charge is 0.302 e. The molecule has 0 radical (unpaired) electrons. The smallest absolute Gasteiger partial charge is 0.226 e. The van der Waals surface area contributed by atoms with E-state index < -0.39 is 0 Å². The molecular formula is C14H14N2O3S2. The first-order valence-corrected chi connectivity index (χ1v) is 8.02. The van der Waals surface area contributed by atoms with E-state index in [2.05, 4.69) is 10.3 Å². The van der Waals surface area contributed by atoms with Crippen molar-refractivity contribution in [2.45, 2.75) is 26.7 Å². The van der Waals surface area contributed by atoms with Gasteiger partial charge in [-0.15, -0.1) is 11.3 Å². The van der Waals surface area contributed by atoms with Gasteiger partial charge in [0, 0.05) is 19.8 Å². The Morgan fingerprint density at radius 3 is 2.62 bits per heavy atom. The fraction of sp³-hybridized carbons (Fsp3) is 0.286. The summed E-state index contributed by atoms with van der Waals surface area (Å²) in [5.41, 5.74) is 0.609. The van der Waals surface area contributed by atoms with Crippen LogP contribution in [0.1, 0.15) is 44.8 Å². The van der Waals surface area contributed by atoms with Gasteiger partial charge in [-0.3, -0.25) is 14.4 Å².